The molecule has 0 unspecified atom stereocenters. The molecule has 1 aliphatic rings. The number of phenols is 1. The van der Waals surface area contributed by atoms with E-state index in [1.54, 1.807) is 18.2 Å². The first-order valence-electron chi connectivity index (χ1n) is 6.49. The number of rotatable bonds is 4. The lowest BCUT2D eigenvalue weighted by molar-refractivity contribution is 0.210. The standard InChI is InChI=1S/C14H21NO2/c16-13-7-3-4-8-14(13)17-12-11-15-9-5-1-2-6-10-15/h3-4,7-8,16H,1-2,5-6,9-12H2. The first kappa shape index (κ1) is 12.2. The lowest BCUT2D eigenvalue weighted by Crippen LogP contribution is -2.29. The van der Waals surface area contributed by atoms with E-state index >= 15 is 0 Å². The summed E-state index contributed by atoms with van der Waals surface area (Å²) < 4.78 is 5.59. The molecule has 0 aromatic heterocycles. The van der Waals surface area contributed by atoms with Crippen LogP contribution in [0.15, 0.2) is 24.3 Å². The molecule has 2 rings (SSSR count). The predicted octanol–water partition coefficient (Wildman–Crippen LogP) is 2.65. The zero-order valence-corrected chi connectivity index (χ0v) is 10.3. The lowest BCUT2D eigenvalue weighted by atomic mass is 10.2. The Morgan fingerprint density at radius 2 is 1.76 bits per heavy atom. The Balaban J connectivity index is 1.73. The van der Waals surface area contributed by atoms with Crippen LogP contribution in [0.2, 0.25) is 0 Å². The van der Waals surface area contributed by atoms with Crippen LogP contribution in [0, 0.1) is 0 Å². The van der Waals surface area contributed by atoms with Gasteiger partial charge in [0.2, 0.25) is 0 Å². The van der Waals surface area contributed by atoms with Crippen molar-refractivity contribution in [2.45, 2.75) is 25.7 Å². The van der Waals surface area contributed by atoms with E-state index in [0.29, 0.717) is 12.4 Å². The Kier molecular flexibility index (Phi) is 4.68. The highest BCUT2D eigenvalue weighted by Crippen LogP contribution is 2.24. The van der Waals surface area contributed by atoms with Crippen LogP contribution in [0.1, 0.15) is 25.7 Å². The number of ether oxygens (including phenoxy) is 1. The topological polar surface area (TPSA) is 32.7 Å². The molecule has 0 radical (unpaired) electrons. The van der Waals surface area contributed by atoms with Crippen molar-refractivity contribution < 1.29 is 9.84 Å². The average molecular weight is 235 g/mol. The van der Waals surface area contributed by atoms with Gasteiger partial charge < -0.3 is 9.84 Å². The fourth-order valence-corrected chi connectivity index (χ4v) is 2.22. The Bertz CT molecular complexity index is 333. The molecule has 1 heterocycles. The van der Waals surface area contributed by atoms with Gasteiger partial charge >= 0.3 is 0 Å². The fraction of sp³-hybridized carbons (Fsp3) is 0.571. The molecule has 0 atom stereocenters. The number of benzene rings is 1. The van der Waals surface area contributed by atoms with Crippen LogP contribution in [0.5, 0.6) is 11.5 Å². The van der Waals surface area contributed by atoms with Gasteiger partial charge in [0.15, 0.2) is 11.5 Å². The first-order valence-corrected chi connectivity index (χ1v) is 6.49. The second kappa shape index (κ2) is 6.50. The van der Waals surface area contributed by atoms with Gasteiger partial charge in [-0.3, -0.25) is 4.90 Å². The molecule has 0 aliphatic carbocycles. The van der Waals surface area contributed by atoms with E-state index in [-0.39, 0.29) is 5.75 Å². The smallest absolute Gasteiger partial charge is 0.160 e. The van der Waals surface area contributed by atoms with Crippen LogP contribution in [0.3, 0.4) is 0 Å². The van der Waals surface area contributed by atoms with Crippen molar-refractivity contribution in [2.75, 3.05) is 26.2 Å². The summed E-state index contributed by atoms with van der Waals surface area (Å²) in [6.07, 6.45) is 5.32. The van der Waals surface area contributed by atoms with E-state index in [0.717, 1.165) is 6.54 Å². The minimum Gasteiger partial charge on any atom is -0.504 e. The van der Waals surface area contributed by atoms with Crippen LogP contribution in [0.25, 0.3) is 0 Å². The minimum absolute atomic E-state index is 0.225. The van der Waals surface area contributed by atoms with Gasteiger partial charge in [0.1, 0.15) is 6.61 Å². The third kappa shape index (κ3) is 3.93. The molecule has 0 bridgehead atoms. The summed E-state index contributed by atoms with van der Waals surface area (Å²) in [4.78, 5) is 2.45. The summed E-state index contributed by atoms with van der Waals surface area (Å²) in [5.74, 6) is 0.811. The van der Waals surface area contributed by atoms with Crippen LogP contribution in [-0.4, -0.2) is 36.2 Å². The van der Waals surface area contributed by atoms with Gasteiger partial charge in [0.05, 0.1) is 0 Å². The van der Waals surface area contributed by atoms with Gasteiger partial charge in [-0.1, -0.05) is 25.0 Å². The predicted molar refractivity (Wildman–Crippen MR) is 68.5 cm³/mol. The third-order valence-electron chi connectivity index (χ3n) is 3.23. The maximum absolute atomic E-state index is 9.55. The quantitative estimate of drug-likeness (QED) is 0.871. The van der Waals surface area contributed by atoms with Crippen LogP contribution in [0.4, 0.5) is 0 Å². The number of para-hydroxylation sites is 2. The van der Waals surface area contributed by atoms with E-state index in [2.05, 4.69) is 4.90 Å². The molecule has 0 saturated carbocycles. The summed E-state index contributed by atoms with van der Waals surface area (Å²) in [5.41, 5.74) is 0. The third-order valence-corrected chi connectivity index (χ3v) is 3.23. The second-order valence-electron chi connectivity index (χ2n) is 4.57. The summed E-state index contributed by atoms with van der Waals surface area (Å²) in [5, 5.41) is 9.55. The summed E-state index contributed by atoms with van der Waals surface area (Å²) >= 11 is 0. The van der Waals surface area contributed by atoms with E-state index < -0.39 is 0 Å². The van der Waals surface area contributed by atoms with Gasteiger partial charge in [0.25, 0.3) is 0 Å². The zero-order chi connectivity index (χ0) is 11.9. The second-order valence-corrected chi connectivity index (χ2v) is 4.57. The normalized spacial score (nSPS) is 17.6. The molecule has 1 saturated heterocycles. The van der Waals surface area contributed by atoms with Crippen molar-refractivity contribution in [3.63, 3.8) is 0 Å². The number of hydrogen-bond donors (Lipinski definition) is 1. The lowest BCUT2D eigenvalue weighted by Gasteiger charge is -2.19. The molecule has 17 heavy (non-hydrogen) atoms. The number of phenolic OH excluding ortho intramolecular Hbond substituents is 1. The average Bonchev–Trinajstić information content (AvgIpc) is 2.60. The highest BCUT2D eigenvalue weighted by Gasteiger charge is 2.09. The van der Waals surface area contributed by atoms with Gasteiger partial charge in [0, 0.05) is 6.54 Å². The molecule has 1 aliphatic heterocycles. The number of likely N-dealkylation sites (tertiary alicyclic amines) is 1. The molecule has 94 valence electrons. The van der Waals surface area contributed by atoms with Crippen molar-refractivity contribution in [3.8, 4) is 11.5 Å². The van der Waals surface area contributed by atoms with E-state index in [1.807, 2.05) is 6.07 Å². The molecule has 3 nitrogen and oxygen atoms in total. The van der Waals surface area contributed by atoms with Crippen LogP contribution >= 0.6 is 0 Å². The van der Waals surface area contributed by atoms with Crippen molar-refractivity contribution in [3.05, 3.63) is 24.3 Å². The summed E-state index contributed by atoms with van der Waals surface area (Å²) in [6.45, 7) is 3.97. The zero-order valence-electron chi connectivity index (χ0n) is 10.3. The molecule has 1 fully saturated rings. The van der Waals surface area contributed by atoms with Crippen molar-refractivity contribution in [2.24, 2.45) is 0 Å². The Labute approximate surface area is 103 Å². The molecule has 3 heteroatoms. The van der Waals surface area contributed by atoms with Crippen LogP contribution < -0.4 is 4.74 Å². The Hall–Kier alpha value is -1.22. The van der Waals surface area contributed by atoms with E-state index in [9.17, 15) is 5.11 Å². The van der Waals surface area contributed by atoms with Gasteiger partial charge in [-0.05, 0) is 38.1 Å². The maximum atomic E-state index is 9.55. The molecule has 1 N–H and O–H groups in total. The van der Waals surface area contributed by atoms with Gasteiger partial charge in [-0.25, -0.2) is 0 Å². The monoisotopic (exact) mass is 235 g/mol. The number of hydrogen-bond acceptors (Lipinski definition) is 3. The molecular formula is C14H21NO2. The first-order chi connectivity index (χ1) is 8.36. The molecule has 1 aromatic rings. The highest BCUT2D eigenvalue weighted by molar-refractivity contribution is 5.37. The summed E-state index contributed by atoms with van der Waals surface area (Å²) in [6, 6.07) is 7.14. The highest BCUT2D eigenvalue weighted by atomic mass is 16.5. The van der Waals surface area contributed by atoms with Gasteiger partial charge in [-0.2, -0.15) is 0 Å². The Morgan fingerprint density at radius 3 is 2.47 bits per heavy atom. The molecule has 0 amide bonds. The maximum Gasteiger partial charge on any atom is 0.160 e. The molecular weight excluding hydrogens is 214 g/mol. The van der Waals surface area contributed by atoms with Crippen LogP contribution in [-0.2, 0) is 0 Å². The molecule has 0 spiro atoms. The van der Waals surface area contributed by atoms with Crippen molar-refractivity contribution in [1.82, 2.24) is 4.90 Å². The van der Waals surface area contributed by atoms with E-state index in [4.69, 9.17) is 4.74 Å². The minimum atomic E-state index is 0.225. The van der Waals surface area contributed by atoms with Gasteiger partial charge in [-0.15, -0.1) is 0 Å². The number of nitrogens with zero attached hydrogens (tertiary/aromatic N) is 1. The number of aromatic hydroxyl groups is 1. The summed E-state index contributed by atoms with van der Waals surface area (Å²) in [7, 11) is 0. The van der Waals surface area contributed by atoms with Crippen molar-refractivity contribution >= 4 is 0 Å². The van der Waals surface area contributed by atoms with Crippen molar-refractivity contribution in [1.29, 1.82) is 0 Å². The SMILES string of the molecule is Oc1ccccc1OCCN1CCCCCC1. The largest absolute Gasteiger partial charge is 0.504 e. The molecule has 1 aromatic carbocycles. The fourth-order valence-electron chi connectivity index (χ4n) is 2.22. The van der Waals surface area contributed by atoms with E-state index in [1.165, 1.54) is 38.8 Å². The Morgan fingerprint density at radius 1 is 1.06 bits per heavy atom.